The molecule has 1 saturated heterocycles. The highest BCUT2D eigenvalue weighted by Crippen LogP contribution is 2.31. The van der Waals surface area contributed by atoms with Gasteiger partial charge in [-0.15, -0.1) is 11.8 Å². The maximum atomic E-state index is 13.6. The highest BCUT2D eigenvalue weighted by atomic mass is 32.2. The number of oxazole rings is 1. The summed E-state index contributed by atoms with van der Waals surface area (Å²) in [6, 6.07) is 15.8. The second-order valence-electron chi connectivity index (χ2n) is 9.69. The topological polar surface area (TPSA) is 66.7 Å². The van der Waals surface area contributed by atoms with E-state index in [1.54, 1.807) is 0 Å². The first-order valence-corrected chi connectivity index (χ1v) is 13.7. The van der Waals surface area contributed by atoms with Crippen molar-refractivity contribution in [3.8, 4) is 0 Å². The molecule has 0 radical (unpaired) electrons. The van der Waals surface area contributed by atoms with Crippen molar-refractivity contribution in [3.63, 3.8) is 0 Å². The van der Waals surface area contributed by atoms with Gasteiger partial charge in [0, 0.05) is 31.1 Å². The molecule has 2 aromatic carbocycles. The van der Waals surface area contributed by atoms with E-state index >= 15 is 0 Å². The molecule has 35 heavy (non-hydrogen) atoms. The summed E-state index contributed by atoms with van der Waals surface area (Å²) < 4.78 is 6.01. The minimum Gasteiger partial charge on any atom is -0.440 e. The molecule has 6 nitrogen and oxygen atoms in total. The van der Waals surface area contributed by atoms with Gasteiger partial charge in [-0.25, -0.2) is 4.98 Å². The molecule has 2 amide bonds. The molecular formula is C28H33N3O3S. The smallest absolute Gasteiger partial charge is 0.255 e. The minimum atomic E-state index is 0.0157. The number of rotatable bonds is 6. The lowest BCUT2D eigenvalue weighted by atomic mass is 9.94. The van der Waals surface area contributed by atoms with Crippen molar-refractivity contribution >= 4 is 34.7 Å². The average molecular weight is 492 g/mol. The number of aromatic nitrogens is 1. The predicted octanol–water partition coefficient (Wildman–Crippen LogP) is 5.73. The highest BCUT2D eigenvalue weighted by molar-refractivity contribution is 8.00. The van der Waals surface area contributed by atoms with Crippen LogP contribution in [0.3, 0.4) is 0 Å². The van der Waals surface area contributed by atoms with Crippen molar-refractivity contribution < 1.29 is 14.0 Å². The maximum absolute atomic E-state index is 13.6. The Labute approximate surface area is 211 Å². The van der Waals surface area contributed by atoms with Crippen molar-refractivity contribution in [1.82, 2.24) is 14.8 Å². The van der Waals surface area contributed by atoms with Gasteiger partial charge in [-0.3, -0.25) is 9.59 Å². The number of benzene rings is 2. The fraction of sp³-hybridized carbons (Fsp3) is 0.464. The van der Waals surface area contributed by atoms with E-state index in [0.717, 1.165) is 48.2 Å². The molecule has 1 atom stereocenters. The Morgan fingerprint density at radius 1 is 1.03 bits per heavy atom. The maximum Gasteiger partial charge on any atom is 0.255 e. The van der Waals surface area contributed by atoms with Crippen LogP contribution in [-0.2, 0) is 4.79 Å². The summed E-state index contributed by atoms with van der Waals surface area (Å²) >= 11 is 1.47. The van der Waals surface area contributed by atoms with Crippen molar-refractivity contribution in [3.05, 3.63) is 60.0 Å². The Balaban J connectivity index is 1.25. The third-order valence-electron chi connectivity index (χ3n) is 7.35. The largest absolute Gasteiger partial charge is 0.440 e. The molecule has 1 aromatic heterocycles. The van der Waals surface area contributed by atoms with Crippen molar-refractivity contribution in [2.75, 3.05) is 25.9 Å². The lowest BCUT2D eigenvalue weighted by Crippen LogP contribution is -2.40. The normalized spacial score (nSPS) is 19.1. The molecule has 1 aliphatic heterocycles. The van der Waals surface area contributed by atoms with Crippen LogP contribution in [-0.4, -0.2) is 58.5 Å². The number of piperidine rings is 1. The van der Waals surface area contributed by atoms with E-state index in [1.165, 1.54) is 31.0 Å². The zero-order valence-electron chi connectivity index (χ0n) is 20.3. The number of hydrogen-bond donors (Lipinski definition) is 0. The quantitative estimate of drug-likeness (QED) is 0.412. The van der Waals surface area contributed by atoms with Gasteiger partial charge >= 0.3 is 0 Å². The van der Waals surface area contributed by atoms with Crippen molar-refractivity contribution in [2.45, 2.75) is 61.8 Å². The molecule has 184 valence electrons. The first-order valence-electron chi connectivity index (χ1n) is 12.7. The van der Waals surface area contributed by atoms with E-state index in [-0.39, 0.29) is 17.7 Å². The van der Waals surface area contributed by atoms with Crippen LogP contribution in [0, 0.1) is 0 Å². The van der Waals surface area contributed by atoms with E-state index in [1.807, 2.05) is 65.4 Å². The molecule has 7 heteroatoms. The lowest BCUT2D eigenvalue weighted by Gasteiger charge is -2.32. The Morgan fingerprint density at radius 2 is 1.80 bits per heavy atom. The van der Waals surface area contributed by atoms with Gasteiger partial charge in [-0.2, -0.15) is 0 Å². The van der Waals surface area contributed by atoms with Gasteiger partial charge in [0.2, 0.25) is 5.91 Å². The second kappa shape index (κ2) is 10.9. The Hall–Kier alpha value is -2.80. The van der Waals surface area contributed by atoms with Crippen molar-refractivity contribution in [2.24, 2.45) is 0 Å². The van der Waals surface area contributed by atoms with Gasteiger partial charge in [0.25, 0.3) is 5.91 Å². The first-order chi connectivity index (χ1) is 17.1. The Kier molecular flexibility index (Phi) is 7.42. The summed E-state index contributed by atoms with van der Waals surface area (Å²) in [5.41, 5.74) is 2.31. The molecule has 2 aliphatic rings. The van der Waals surface area contributed by atoms with Gasteiger partial charge < -0.3 is 14.2 Å². The van der Waals surface area contributed by atoms with Gasteiger partial charge in [0.05, 0.1) is 17.2 Å². The van der Waals surface area contributed by atoms with Gasteiger partial charge in [-0.1, -0.05) is 43.5 Å². The molecule has 5 rings (SSSR count). The summed E-state index contributed by atoms with van der Waals surface area (Å²) in [6.07, 6.45) is 7.73. The van der Waals surface area contributed by atoms with E-state index in [9.17, 15) is 9.59 Å². The van der Waals surface area contributed by atoms with Crippen LogP contribution in [0.5, 0.6) is 0 Å². The number of nitrogens with zero attached hydrogens (tertiary/aromatic N) is 3. The fourth-order valence-electron chi connectivity index (χ4n) is 5.28. The SMILES string of the molecule is CN(C(=O)CSc1ccccc1C(=O)N1CCCC(c2nc3ccccc3o2)C1)C1CCCCC1. The number of para-hydroxylation sites is 2. The van der Waals surface area contributed by atoms with Crippen LogP contribution in [0.15, 0.2) is 57.8 Å². The molecule has 2 fully saturated rings. The molecule has 1 aliphatic carbocycles. The van der Waals surface area contributed by atoms with Crippen molar-refractivity contribution in [1.29, 1.82) is 0 Å². The van der Waals surface area contributed by atoms with Crippen LogP contribution in [0.1, 0.15) is 67.1 Å². The summed E-state index contributed by atoms with van der Waals surface area (Å²) in [4.78, 5) is 35.8. The van der Waals surface area contributed by atoms with Gasteiger partial charge in [0.1, 0.15) is 5.52 Å². The number of likely N-dealkylation sites (tertiary alicyclic amines) is 1. The highest BCUT2D eigenvalue weighted by Gasteiger charge is 2.30. The fourth-order valence-corrected chi connectivity index (χ4v) is 6.25. The van der Waals surface area contributed by atoms with Gasteiger partial charge in [0.15, 0.2) is 11.5 Å². The first kappa shape index (κ1) is 23.9. The number of thioether (sulfide) groups is 1. The lowest BCUT2D eigenvalue weighted by molar-refractivity contribution is -0.129. The van der Waals surface area contributed by atoms with E-state index < -0.39 is 0 Å². The zero-order valence-corrected chi connectivity index (χ0v) is 21.1. The Bertz CT molecular complexity index is 1150. The van der Waals surface area contributed by atoms with Crippen LogP contribution in [0.25, 0.3) is 11.1 Å². The number of carbonyl (C=O) groups excluding carboxylic acids is 2. The van der Waals surface area contributed by atoms with E-state index in [4.69, 9.17) is 4.42 Å². The second-order valence-corrected chi connectivity index (χ2v) is 10.7. The standard InChI is InChI=1S/C28H33N3O3S/c1-30(21-11-3-2-4-12-21)26(32)19-35-25-16-8-5-13-22(25)28(33)31-17-9-10-20(18-31)27-29-23-14-6-7-15-24(23)34-27/h5-8,13-16,20-21H,2-4,9-12,17-19H2,1H3. The summed E-state index contributed by atoms with van der Waals surface area (Å²) in [5, 5.41) is 0. The van der Waals surface area contributed by atoms with Crippen LogP contribution in [0.2, 0.25) is 0 Å². The zero-order chi connectivity index (χ0) is 24.2. The van der Waals surface area contributed by atoms with Crippen LogP contribution in [0.4, 0.5) is 0 Å². The molecule has 1 unspecified atom stereocenters. The molecule has 3 aromatic rings. The number of amides is 2. The molecule has 2 heterocycles. The summed E-state index contributed by atoms with van der Waals surface area (Å²) in [7, 11) is 1.93. The number of hydrogen-bond acceptors (Lipinski definition) is 5. The molecule has 0 N–H and O–H groups in total. The third-order valence-corrected chi connectivity index (χ3v) is 8.41. The number of carbonyl (C=O) groups is 2. The molecular weight excluding hydrogens is 458 g/mol. The van der Waals surface area contributed by atoms with Crippen LogP contribution < -0.4 is 0 Å². The molecule has 0 bridgehead atoms. The number of fused-ring (bicyclic) bond motifs is 1. The van der Waals surface area contributed by atoms with Crippen LogP contribution >= 0.6 is 11.8 Å². The summed E-state index contributed by atoms with van der Waals surface area (Å²) in [5.74, 6) is 1.30. The molecule has 0 spiro atoms. The predicted molar refractivity (Wildman–Crippen MR) is 139 cm³/mol. The Morgan fingerprint density at radius 3 is 2.63 bits per heavy atom. The van der Waals surface area contributed by atoms with E-state index in [0.29, 0.717) is 29.8 Å². The monoisotopic (exact) mass is 491 g/mol. The van der Waals surface area contributed by atoms with E-state index in [2.05, 4.69) is 4.98 Å². The van der Waals surface area contributed by atoms with Gasteiger partial charge in [-0.05, 0) is 49.9 Å². The minimum absolute atomic E-state index is 0.0157. The third kappa shape index (κ3) is 5.40. The summed E-state index contributed by atoms with van der Waals surface area (Å²) in [6.45, 7) is 1.31. The average Bonchev–Trinajstić information content (AvgIpc) is 3.36. The molecule has 1 saturated carbocycles.